The van der Waals surface area contributed by atoms with E-state index in [1.165, 1.54) is 17.7 Å². The van der Waals surface area contributed by atoms with E-state index in [9.17, 15) is 0 Å². The van der Waals surface area contributed by atoms with Gasteiger partial charge in [0.2, 0.25) is 0 Å². The van der Waals surface area contributed by atoms with Crippen LogP contribution in [0.25, 0.3) is 0 Å². The van der Waals surface area contributed by atoms with E-state index < -0.39 is 0 Å². The van der Waals surface area contributed by atoms with E-state index >= 15 is 0 Å². The third-order valence-corrected chi connectivity index (χ3v) is 4.07. The molecule has 0 aliphatic rings. The Labute approximate surface area is 91.3 Å². The third-order valence-electron chi connectivity index (χ3n) is 2.68. The molecule has 0 saturated carbocycles. The Hall–Kier alpha value is -0.340. The first-order chi connectivity index (χ1) is 6.81. The first-order valence-electron chi connectivity index (χ1n) is 5.60. The molecule has 1 aromatic rings. The average Bonchev–Trinajstić information content (AvgIpc) is 2.68. The molecule has 1 rings (SSSR count). The molecule has 2 N–H and O–H groups in total. The van der Waals surface area contributed by atoms with Crippen molar-refractivity contribution in [2.24, 2.45) is 5.73 Å². The van der Waals surface area contributed by atoms with Crippen molar-refractivity contribution < 1.29 is 0 Å². The Morgan fingerprint density at radius 3 is 2.64 bits per heavy atom. The number of nitrogens with two attached hydrogens (primary N) is 1. The molecule has 1 nitrogen and oxygen atoms in total. The molecular formula is C12H21NS. The molecule has 0 bridgehead atoms. The second-order valence-corrected chi connectivity index (χ2v) is 4.89. The minimum Gasteiger partial charge on any atom is -0.330 e. The molecule has 1 atom stereocenters. The van der Waals surface area contributed by atoms with E-state index in [0.717, 1.165) is 25.3 Å². The Morgan fingerprint density at radius 1 is 1.36 bits per heavy atom. The molecule has 0 saturated heterocycles. The fourth-order valence-electron chi connectivity index (χ4n) is 1.72. The zero-order valence-corrected chi connectivity index (χ0v) is 10.1. The molecule has 0 radical (unpaired) electrons. The number of aryl methyl sites for hydroxylation is 1. The van der Waals surface area contributed by atoms with Gasteiger partial charge in [-0.2, -0.15) is 0 Å². The van der Waals surface area contributed by atoms with Gasteiger partial charge in [-0.05, 0) is 50.3 Å². The van der Waals surface area contributed by atoms with Crippen molar-refractivity contribution in [3.8, 4) is 0 Å². The predicted molar refractivity (Wildman–Crippen MR) is 65.0 cm³/mol. The van der Waals surface area contributed by atoms with Crippen molar-refractivity contribution in [1.82, 2.24) is 0 Å². The second-order valence-electron chi connectivity index (χ2n) is 3.69. The number of thiophene rings is 1. The predicted octanol–water partition coefficient (Wildman–Crippen LogP) is 3.54. The van der Waals surface area contributed by atoms with Crippen LogP contribution in [-0.4, -0.2) is 6.54 Å². The average molecular weight is 211 g/mol. The van der Waals surface area contributed by atoms with Crippen molar-refractivity contribution in [2.75, 3.05) is 6.54 Å². The quantitative estimate of drug-likeness (QED) is 0.765. The minimum absolute atomic E-state index is 0.740. The van der Waals surface area contributed by atoms with Crippen molar-refractivity contribution in [2.45, 2.75) is 45.4 Å². The maximum Gasteiger partial charge on any atom is 0.00790 e. The van der Waals surface area contributed by atoms with E-state index in [0.29, 0.717) is 0 Å². The maximum absolute atomic E-state index is 5.54. The summed E-state index contributed by atoms with van der Waals surface area (Å²) in [6.07, 6.45) is 4.80. The standard InChI is InChI=1S/C12H21NS/c1-3-10(6-5-9-13)12-8-7-11(4-2)14-12/h7-8,10H,3-6,9,13H2,1-2H3. The second kappa shape index (κ2) is 6.20. The molecular weight excluding hydrogens is 190 g/mol. The van der Waals surface area contributed by atoms with Crippen LogP contribution < -0.4 is 5.73 Å². The molecule has 0 spiro atoms. The summed E-state index contributed by atoms with van der Waals surface area (Å²) in [6.45, 7) is 5.31. The summed E-state index contributed by atoms with van der Waals surface area (Å²) < 4.78 is 0. The van der Waals surface area contributed by atoms with Crippen LogP contribution in [-0.2, 0) is 6.42 Å². The molecule has 1 heterocycles. The fourth-order valence-corrected chi connectivity index (χ4v) is 2.89. The van der Waals surface area contributed by atoms with Gasteiger partial charge >= 0.3 is 0 Å². The molecule has 14 heavy (non-hydrogen) atoms. The molecule has 0 fully saturated rings. The summed E-state index contributed by atoms with van der Waals surface area (Å²) in [5.41, 5.74) is 5.54. The van der Waals surface area contributed by atoms with E-state index in [-0.39, 0.29) is 0 Å². The molecule has 1 unspecified atom stereocenters. The van der Waals surface area contributed by atoms with Gasteiger partial charge < -0.3 is 5.73 Å². The lowest BCUT2D eigenvalue weighted by atomic mass is 9.99. The van der Waals surface area contributed by atoms with Gasteiger partial charge in [0.25, 0.3) is 0 Å². The highest BCUT2D eigenvalue weighted by atomic mass is 32.1. The smallest absolute Gasteiger partial charge is 0.00790 e. The van der Waals surface area contributed by atoms with Crippen LogP contribution >= 0.6 is 11.3 Å². The van der Waals surface area contributed by atoms with Gasteiger partial charge in [0.15, 0.2) is 0 Å². The van der Waals surface area contributed by atoms with E-state index in [4.69, 9.17) is 5.73 Å². The molecule has 0 aromatic carbocycles. The van der Waals surface area contributed by atoms with E-state index in [1.807, 2.05) is 11.3 Å². The van der Waals surface area contributed by atoms with Crippen LogP contribution in [0.3, 0.4) is 0 Å². The zero-order chi connectivity index (χ0) is 10.4. The Morgan fingerprint density at radius 2 is 2.14 bits per heavy atom. The van der Waals surface area contributed by atoms with E-state index in [2.05, 4.69) is 26.0 Å². The Kier molecular flexibility index (Phi) is 5.20. The van der Waals surface area contributed by atoms with Gasteiger partial charge in [-0.3, -0.25) is 0 Å². The third kappa shape index (κ3) is 3.10. The first kappa shape index (κ1) is 11.7. The summed E-state index contributed by atoms with van der Waals surface area (Å²) in [4.78, 5) is 3.06. The molecule has 80 valence electrons. The van der Waals surface area contributed by atoms with Crippen LogP contribution in [0.15, 0.2) is 12.1 Å². The van der Waals surface area contributed by atoms with Crippen molar-refractivity contribution in [3.63, 3.8) is 0 Å². The Balaban J connectivity index is 2.58. The molecule has 2 heteroatoms. The normalized spacial score (nSPS) is 13.1. The largest absolute Gasteiger partial charge is 0.330 e. The van der Waals surface area contributed by atoms with Gasteiger partial charge in [-0.15, -0.1) is 11.3 Å². The van der Waals surface area contributed by atoms with Crippen LogP contribution in [0.1, 0.15) is 48.8 Å². The summed E-state index contributed by atoms with van der Waals surface area (Å²) in [6, 6.07) is 4.57. The van der Waals surface area contributed by atoms with Crippen molar-refractivity contribution >= 4 is 11.3 Å². The number of hydrogen-bond donors (Lipinski definition) is 1. The first-order valence-corrected chi connectivity index (χ1v) is 6.42. The summed E-state index contributed by atoms with van der Waals surface area (Å²) in [5.74, 6) is 0.740. The van der Waals surface area contributed by atoms with Gasteiger partial charge in [-0.25, -0.2) is 0 Å². The summed E-state index contributed by atoms with van der Waals surface area (Å²) in [5, 5.41) is 0. The van der Waals surface area contributed by atoms with Crippen LogP contribution in [0.4, 0.5) is 0 Å². The van der Waals surface area contributed by atoms with Gasteiger partial charge in [0, 0.05) is 9.75 Å². The van der Waals surface area contributed by atoms with Crippen LogP contribution in [0.5, 0.6) is 0 Å². The highest BCUT2D eigenvalue weighted by Gasteiger charge is 2.10. The maximum atomic E-state index is 5.54. The highest BCUT2D eigenvalue weighted by Crippen LogP contribution is 2.30. The van der Waals surface area contributed by atoms with Crippen molar-refractivity contribution in [1.29, 1.82) is 0 Å². The topological polar surface area (TPSA) is 26.0 Å². The number of hydrogen-bond acceptors (Lipinski definition) is 2. The summed E-state index contributed by atoms with van der Waals surface area (Å²) in [7, 11) is 0. The zero-order valence-electron chi connectivity index (χ0n) is 9.25. The number of rotatable bonds is 6. The van der Waals surface area contributed by atoms with Crippen LogP contribution in [0, 0.1) is 0 Å². The lowest BCUT2D eigenvalue weighted by Gasteiger charge is -2.11. The highest BCUT2D eigenvalue weighted by molar-refractivity contribution is 7.12. The molecule has 1 aromatic heterocycles. The lowest BCUT2D eigenvalue weighted by Crippen LogP contribution is -2.02. The monoisotopic (exact) mass is 211 g/mol. The van der Waals surface area contributed by atoms with Gasteiger partial charge in [0.1, 0.15) is 0 Å². The molecule has 0 amide bonds. The van der Waals surface area contributed by atoms with Crippen molar-refractivity contribution in [3.05, 3.63) is 21.9 Å². The fraction of sp³-hybridized carbons (Fsp3) is 0.667. The van der Waals surface area contributed by atoms with Gasteiger partial charge in [0.05, 0.1) is 0 Å². The summed E-state index contributed by atoms with van der Waals surface area (Å²) >= 11 is 1.98. The van der Waals surface area contributed by atoms with Gasteiger partial charge in [-0.1, -0.05) is 13.8 Å². The molecule has 0 aliphatic carbocycles. The SMILES string of the molecule is CCc1ccc(C(CC)CCCN)s1. The van der Waals surface area contributed by atoms with Crippen LogP contribution in [0.2, 0.25) is 0 Å². The Bertz CT molecular complexity index is 255. The molecule has 0 aliphatic heterocycles. The minimum atomic E-state index is 0.740. The lowest BCUT2D eigenvalue weighted by molar-refractivity contribution is 0.589. The van der Waals surface area contributed by atoms with E-state index in [1.54, 1.807) is 4.88 Å².